The number of benzene rings is 1. The van der Waals surface area contributed by atoms with E-state index in [9.17, 15) is 26.4 Å². The zero-order valence-corrected chi connectivity index (χ0v) is 20.3. The van der Waals surface area contributed by atoms with Crippen LogP contribution in [0.3, 0.4) is 0 Å². The number of halogens is 1. The molecule has 3 aromatic heterocycles. The molecule has 0 saturated carbocycles. The van der Waals surface area contributed by atoms with Crippen LogP contribution >= 0.6 is 22.9 Å². The summed E-state index contributed by atoms with van der Waals surface area (Å²) in [5, 5.41) is 2.42. The number of aromatic nitrogens is 3. The molecule has 2 amide bonds. The predicted octanol–water partition coefficient (Wildman–Crippen LogP) is 2.41. The number of rotatable bonds is 5. The zero-order chi connectivity index (χ0) is 24.7. The van der Waals surface area contributed by atoms with Crippen molar-refractivity contribution in [3.8, 4) is 5.82 Å². The third-order valence-electron chi connectivity index (χ3n) is 4.45. The van der Waals surface area contributed by atoms with E-state index in [-0.39, 0.29) is 30.3 Å². The fraction of sp³-hybridized carbons (Fsp3) is 0.0526. The largest absolute Gasteiger partial charge is 0.333 e. The summed E-state index contributed by atoms with van der Waals surface area (Å²) in [7, 11) is -7.62. The van der Waals surface area contributed by atoms with E-state index in [0.717, 1.165) is 22.2 Å². The molecule has 0 aliphatic carbocycles. The number of sulfone groups is 1. The normalized spacial score (nSPS) is 11.9. The highest BCUT2D eigenvalue weighted by Crippen LogP contribution is 2.25. The summed E-state index contributed by atoms with van der Waals surface area (Å²) >= 11 is 6.53. The standard InChI is InChI=1S/C19H14ClN5O6S3/c1-33(28,29)12-3-4-14-13(8-12)18(26)25(10-22-14)16-6-2-11(9-21-16)23-19(27)24-34(30,31)17-7-5-15(20)32-17/h2-10H,1H3,(H2,23,24,27). The second-order valence-corrected chi connectivity index (χ2v) is 12.5. The van der Waals surface area contributed by atoms with Crippen LogP contribution in [0, 0.1) is 0 Å². The number of nitrogens with zero attached hydrogens (tertiary/aromatic N) is 3. The molecule has 176 valence electrons. The van der Waals surface area contributed by atoms with E-state index in [2.05, 4.69) is 15.3 Å². The molecule has 0 bridgehead atoms. The first-order valence-corrected chi connectivity index (χ1v) is 13.8. The number of nitrogens with one attached hydrogen (secondary N) is 2. The highest BCUT2D eigenvalue weighted by Gasteiger charge is 2.20. The third kappa shape index (κ3) is 4.94. The fourth-order valence-corrected chi connectivity index (χ4v) is 5.91. The molecule has 0 unspecified atom stereocenters. The van der Waals surface area contributed by atoms with Gasteiger partial charge in [0.25, 0.3) is 15.6 Å². The predicted molar refractivity (Wildman–Crippen MR) is 127 cm³/mol. The van der Waals surface area contributed by atoms with Crippen molar-refractivity contribution in [2.75, 3.05) is 11.6 Å². The molecule has 4 aromatic rings. The number of anilines is 1. The highest BCUT2D eigenvalue weighted by molar-refractivity contribution is 7.92. The number of hydrogen-bond donors (Lipinski definition) is 2. The topological polar surface area (TPSA) is 157 Å². The van der Waals surface area contributed by atoms with Crippen molar-refractivity contribution >= 4 is 65.4 Å². The van der Waals surface area contributed by atoms with Gasteiger partial charge in [-0.15, -0.1) is 11.3 Å². The minimum atomic E-state index is -4.10. The summed E-state index contributed by atoms with van der Waals surface area (Å²) in [5.74, 6) is 0.149. The molecule has 3 heterocycles. The molecular formula is C19H14ClN5O6S3. The van der Waals surface area contributed by atoms with Crippen molar-refractivity contribution in [2.24, 2.45) is 0 Å². The van der Waals surface area contributed by atoms with Crippen molar-refractivity contribution in [3.63, 3.8) is 0 Å². The van der Waals surface area contributed by atoms with Crippen LogP contribution in [-0.4, -0.2) is 43.7 Å². The molecule has 2 N–H and O–H groups in total. The minimum Gasteiger partial charge on any atom is -0.306 e. The van der Waals surface area contributed by atoms with Gasteiger partial charge in [0.05, 0.1) is 32.0 Å². The second kappa shape index (κ2) is 8.79. The van der Waals surface area contributed by atoms with Gasteiger partial charge in [0.15, 0.2) is 9.84 Å². The maximum atomic E-state index is 12.9. The van der Waals surface area contributed by atoms with Crippen LogP contribution in [0.5, 0.6) is 0 Å². The Bertz CT molecular complexity index is 1700. The number of thiophene rings is 1. The first-order chi connectivity index (χ1) is 15.9. The summed E-state index contributed by atoms with van der Waals surface area (Å²) in [6.07, 6.45) is 3.49. The molecule has 15 heteroatoms. The maximum absolute atomic E-state index is 12.9. The molecule has 34 heavy (non-hydrogen) atoms. The molecule has 4 rings (SSSR count). The molecule has 0 aliphatic rings. The number of amides is 2. The Morgan fingerprint density at radius 1 is 1.06 bits per heavy atom. The van der Waals surface area contributed by atoms with Gasteiger partial charge in [0.1, 0.15) is 16.4 Å². The number of hydrogen-bond acceptors (Lipinski definition) is 9. The molecule has 0 fully saturated rings. The number of carbonyl (C=O) groups is 1. The Kier molecular flexibility index (Phi) is 6.16. The van der Waals surface area contributed by atoms with Gasteiger partial charge in [-0.05, 0) is 42.5 Å². The smallest absolute Gasteiger partial charge is 0.306 e. The van der Waals surface area contributed by atoms with Gasteiger partial charge in [0.2, 0.25) is 0 Å². The third-order valence-corrected chi connectivity index (χ3v) is 8.61. The minimum absolute atomic E-state index is 0.0186. The second-order valence-electron chi connectivity index (χ2n) is 6.89. The molecule has 0 atom stereocenters. The van der Waals surface area contributed by atoms with Crippen molar-refractivity contribution in [2.45, 2.75) is 9.10 Å². The molecule has 0 aliphatic heterocycles. The fourth-order valence-electron chi connectivity index (χ4n) is 2.87. The molecule has 0 radical (unpaired) electrons. The van der Waals surface area contributed by atoms with Crippen molar-refractivity contribution in [3.05, 3.63) is 69.7 Å². The van der Waals surface area contributed by atoms with Gasteiger partial charge >= 0.3 is 6.03 Å². The molecule has 0 saturated heterocycles. The number of pyridine rings is 1. The van der Waals surface area contributed by atoms with Crippen LogP contribution in [0.1, 0.15) is 0 Å². The summed E-state index contributed by atoms with van der Waals surface area (Å²) in [6, 6.07) is 8.51. The summed E-state index contributed by atoms with van der Waals surface area (Å²) < 4.78 is 51.1. The lowest BCUT2D eigenvalue weighted by molar-refractivity contribution is 0.256. The number of sulfonamides is 1. The maximum Gasteiger partial charge on any atom is 0.333 e. The van der Waals surface area contributed by atoms with E-state index < -0.39 is 31.5 Å². The summed E-state index contributed by atoms with van der Waals surface area (Å²) in [4.78, 5) is 33.2. The average molecular weight is 540 g/mol. The molecule has 1 aromatic carbocycles. The molecule has 11 nitrogen and oxygen atoms in total. The van der Waals surface area contributed by atoms with E-state index in [1.165, 1.54) is 55.0 Å². The van der Waals surface area contributed by atoms with Crippen molar-refractivity contribution in [1.29, 1.82) is 0 Å². The Balaban J connectivity index is 1.56. The zero-order valence-electron chi connectivity index (χ0n) is 17.1. The van der Waals surface area contributed by atoms with Gasteiger partial charge in [-0.3, -0.25) is 9.36 Å². The van der Waals surface area contributed by atoms with Crippen LogP contribution in [0.4, 0.5) is 10.5 Å². The molecular weight excluding hydrogens is 526 g/mol. The van der Waals surface area contributed by atoms with Gasteiger partial charge in [-0.2, -0.15) is 0 Å². The first-order valence-electron chi connectivity index (χ1n) is 9.21. The monoisotopic (exact) mass is 539 g/mol. The Morgan fingerprint density at radius 2 is 1.82 bits per heavy atom. The van der Waals surface area contributed by atoms with E-state index in [0.29, 0.717) is 5.52 Å². The van der Waals surface area contributed by atoms with Crippen LogP contribution in [0.25, 0.3) is 16.7 Å². The number of fused-ring (bicyclic) bond motifs is 1. The van der Waals surface area contributed by atoms with Crippen LogP contribution in [0.2, 0.25) is 4.34 Å². The Morgan fingerprint density at radius 3 is 2.44 bits per heavy atom. The Hall–Kier alpha value is -3.33. The van der Waals surface area contributed by atoms with Crippen LogP contribution in [-0.2, 0) is 19.9 Å². The first kappa shape index (κ1) is 23.8. The van der Waals surface area contributed by atoms with Gasteiger partial charge in [-0.25, -0.2) is 36.3 Å². The van der Waals surface area contributed by atoms with Gasteiger partial charge in [-0.1, -0.05) is 11.6 Å². The lowest BCUT2D eigenvalue weighted by atomic mass is 10.2. The van der Waals surface area contributed by atoms with Crippen LogP contribution in [0.15, 0.2) is 68.9 Å². The van der Waals surface area contributed by atoms with E-state index in [1.807, 2.05) is 4.72 Å². The van der Waals surface area contributed by atoms with E-state index >= 15 is 0 Å². The van der Waals surface area contributed by atoms with Gasteiger partial charge < -0.3 is 5.32 Å². The summed E-state index contributed by atoms with van der Waals surface area (Å²) in [6.45, 7) is 0. The van der Waals surface area contributed by atoms with Crippen molar-refractivity contribution < 1.29 is 21.6 Å². The van der Waals surface area contributed by atoms with E-state index in [1.54, 1.807) is 0 Å². The number of carbonyl (C=O) groups excluding carboxylic acids is 1. The van der Waals surface area contributed by atoms with Gasteiger partial charge in [0, 0.05) is 6.26 Å². The average Bonchev–Trinajstić information content (AvgIpc) is 3.21. The lowest BCUT2D eigenvalue weighted by Gasteiger charge is -2.09. The quantitative estimate of drug-likeness (QED) is 0.391. The van der Waals surface area contributed by atoms with Crippen LogP contribution < -0.4 is 15.6 Å². The SMILES string of the molecule is CS(=O)(=O)c1ccc2ncn(-c3ccc(NC(=O)NS(=O)(=O)c4ccc(Cl)s4)cn3)c(=O)c2c1. The lowest BCUT2D eigenvalue weighted by Crippen LogP contribution is -2.34. The summed E-state index contributed by atoms with van der Waals surface area (Å²) in [5.41, 5.74) is -0.0687. The Labute approximate surface area is 202 Å². The van der Waals surface area contributed by atoms with Crippen molar-refractivity contribution in [1.82, 2.24) is 19.3 Å². The van der Waals surface area contributed by atoms with E-state index in [4.69, 9.17) is 11.6 Å². The number of urea groups is 1. The molecule has 0 spiro atoms. The highest BCUT2D eigenvalue weighted by atomic mass is 35.5.